The number of carbonyl (C=O) groups is 1. The zero-order valence-electron chi connectivity index (χ0n) is 16.6. The minimum atomic E-state index is -0.772. The molecule has 0 saturated heterocycles. The Morgan fingerprint density at radius 1 is 1.00 bits per heavy atom. The number of rotatable bonds is 4. The summed E-state index contributed by atoms with van der Waals surface area (Å²) in [6.45, 7) is -0.500. The molecule has 31 heavy (non-hydrogen) atoms. The molecule has 0 aliphatic heterocycles. The summed E-state index contributed by atoms with van der Waals surface area (Å²) in [7, 11) is 1.51. The van der Waals surface area contributed by atoms with Crippen LogP contribution < -0.4 is 17.0 Å². The minimum Gasteiger partial charge on any atom is -0.368 e. The monoisotopic (exact) mass is 414 g/mol. The summed E-state index contributed by atoms with van der Waals surface area (Å²) in [5, 5.41) is 0. The normalized spacial score (nSPS) is 11.4. The van der Waals surface area contributed by atoms with Gasteiger partial charge < -0.3 is 5.73 Å². The number of primary amides is 1. The molecule has 154 valence electrons. The van der Waals surface area contributed by atoms with Crippen molar-refractivity contribution < 1.29 is 4.79 Å². The van der Waals surface area contributed by atoms with Crippen molar-refractivity contribution >= 4 is 22.8 Å². The van der Waals surface area contributed by atoms with Gasteiger partial charge in [-0.25, -0.2) is 9.36 Å². The Morgan fingerprint density at radius 3 is 2.29 bits per heavy atom. The van der Waals surface area contributed by atoms with Gasteiger partial charge in [-0.2, -0.15) is 4.98 Å². The largest absolute Gasteiger partial charge is 0.368 e. The number of nitrogens with two attached hydrogens (primary N) is 1. The highest BCUT2D eigenvalue weighted by molar-refractivity contribution is 5.80. The lowest BCUT2D eigenvalue weighted by Gasteiger charge is -2.09. The Bertz CT molecular complexity index is 1570. The van der Waals surface area contributed by atoms with Crippen LogP contribution in [-0.4, -0.2) is 29.0 Å². The van der Waals surface area contributed by atoms with E-state index in [2.05, 4.69) is 4.98 Å². The van der Waals surface area contributed by atoms with Crippen LogP contribution in [0.15, 0.2) is 76.4 Å². The first-order valence-corrected chi connectivity index (χ1v) is 9.60. The number of hydrogen-bond acceptors (Lipinski definition) is 4. The highest BCUT2D eigenvalue weighted by atomic mass is 16.2. The van der Waals surface area contributed by atoms with E-state index in [0.717, 1.165) is 21.5 Å². The van der Waals surface area contributed by atoms with E-state index in [9.17, 15) is 14.4 Å². The predicted octanol–water partition coefficient (Wildman–Crippen LogP) is 1.29. The van der Waals surface area contributed by atoms with E-state index in [-0.39, 0.29) is 11.2 Å². The second-order valence-electron chi connectivity index (χ2n) is 7.20. The Morgan fingerprint density at radius 2 is 1.65 bits per heavy atom. The molecule has 1 amide bonds. The molecule has 2 N–H and O–H groups in total. The summed E-state index contributed by atoms with van der Waals surface area (Å²) < 4.78 is 5.67. The molecule has 0 aliphatic carbocycles. The van der Waals surface area contributed by atoms with Gasteiger partial charge in [-0.15, -0.1) is 0 Å². The second kappa shape index (κ2) is 6.84. The van der Waals surface area contributed by atoms with Crippen LogP contribution in [0.3, 0.4) is 0 Å². The number of hydrogen-bond donors (Lipinski definition) is 1. The lowest BCUT2D eigenvalue weighted by atomic mass is 10.1. The molecule has 3 heterocycles. The van der Waals surface area contributed by atoms with E-state index in [1.54, 1.807) is 4.40 Å². The van der Waals surface area contributed by atoms with Crippen molar-refractivity contribution in [3.63, 3.8) is 0 Å². The highest BCUT2D eigenvalue weighted by Crippen LogP contribution is 2.28. The standard InChI is InChI=1S/C22H18N6O3/c1-25-19-18(20(30)27(22(25)31)13-17(23)29)26-12-16(14-8-4-2-5-9-14)28(21(26)24-19)15-10-6-3-7-11-15/h2-12H,13H2,1H3,(H2,23,29). The summed E-state index contributed by atoms with van der Waals surface area (Å²) in [6.07, 6.45) is 1.81. The molecule has 0 bridgehead atoms. The molecule has 9 heteroatoms. The van der Waals surface area contributed by atoms with Gasteiger partial charge in [0.2, 0.25) is 11.7 Å². The van der Waals surface area contributed by atoms with E-state index >= 15 is 0 Å². The molecule has 0 atom stereocenters. The fraction of sp³-hybridized carbons (Fsp3) is 0.0909. The maximum absolute atomic E-state index is 13.2. The summed E-state index contributed by atoms with van der Waals surface area (Å²) in [4.78, 5) is 41.9. The number of fused-ring (bicyclic) bond motifs is 3. The van der Waals surface area contributed by atoms with Gasteiger partial charge in [-0.3, -0.25) is 23.1 Å². The zero-order valence-corrected chi connectivity index (χ0v) is 16.6. The third-order valence-corrected chi connectivity index (χ3v) is 5.25. The molecule has 2 aromatic carbocycles. The molecule has 0 unspecified atom stereocenters. The van der Waals surface area contributed by atoms with Crippen LogP contribution in [0.1, 0.15) is 0 Å². The summed E-state index contributed by atoms with van der Waals surface area (Å²) in [5.74, 6) is -0.296. The second-order valence-corrected chi connectivity index (χ2v) is 7.20. The van der Waals surface area contributed by atoms with Crippen molar-refractivity contribution in [3.05, 3.63) is 87.7 Å². The molecule has 5 aromatic rings. The third-order valence-electron chi connectivity index (χ3n) is 5.25. The van der Waals surface area contributed by atoms with Crippen LogP contribution >= 0.6 is 0 Å². The number of amides is 1. The number of aromatic nitrogens is 5. The molecule has 0 radical (unpaired) electrons. The molecule has 0 saturated carbocycles. The molecule has 5 rings (SSSR count). The van der Waals surface area contributed by atoms with Crippen LogP contribution in [0, 0.1) is 0 Å². The number of imidazole rings is 2. The third kappa shape index (κ3) is 2.78. The van der Waals surface area contributed by atoms with Gasteiger partial charge in [-0.05, 0) is 12.1 Å². The maximum Gasteiger partial charge on any atom is 0.332 e. The lowest BCUT2D eigenvalue weighted by Crippen LogP contribution is -2.42. The molecule has 3 aromatic heterocycles. The van der Waals surface area contributed by atoms with Crippen molar-refractivity contribution in [1.82, 2.24) is 23.1 Å². The fourth-order valence-electron chi connectivity index (χ4n) is 3.84. The lowest BCUT2D eigenvalue weighted by molar-refractivity contribution is -0.118. The molecule has 0 fully saturated rings. The molecule has 9 nitrogen and oxygen atoms in total. The zero-order chi connectivity index (χ0) is 21.7. The Hall–Kier alpha value is -4.40. The average Bonchev–Trinajstić information content (AvgIpc) is 3.32. The highest BCUT2D eigenvalue weighted by Gasteiger charge is 2.22. The molecular formula is C22H18N6O3. The van der Waals surface area contributed by atoms with Gasteiger partial charge in [0.25, 0.3) is 5.56 Å². The van der Waals surface area contributed by atoms with E-state index in [4.69, 9.17) is 5.73 Å². The molecule has 0 spiro atoms. The maximum atomic E-state index is 13.2. The molecule has 0 aliphatic rings. The van der Waals surface area contributed by atoms with Crippen LogP contribution in [0.2, 0.25) is 0 Å². The van der Waals surface area contributed by atoms with Crippen molar-refractivity contribution in [2.24, 2.45) is 12.8 Å². The van der Waals surface area contributed by atoms with E-state index in [1.807, 2.05) is 71.4 Å². The quantitative estimate of drug-likeness (QED) is 0.478. The van der Waals surface area contributed by atoms with Gasteiger partial charge in [-0.1, -0.05) is 48.5 Å². The summed E-state index contributed by atoms with van der Waals surface area (Å²) >= 11 is 0. The Balaban J connectivity index is 1.94. The van der Waals surface area contributed by atoms with E-state index in [0.29, 0.717) is 5.78 Å². The average molecular weight is 414 g/mol. The number of nitrogens with zero attached hydrogens (tertiary/aromatic N) is 5. The van der Waals surface area contributed by atoms with Crippen LogP contribution in [0.5, 0.6) is 0 Å². The van der Waals surface area contributed by atoms with E-state index < -0.39 is 23.7 Å². The van der Waals surface area contributed by atoms with Gasteiger partial charge in [0, 0.05) is 24.5 Å². The van der Waals surface area contributed by atoms with Crippen molar-refractivity contribution in [3.8, 4) is 16.9 Å². The molecular weight excluding hydrogens is 396 g/mol. The summed E-state index contributed by atoms with van der Waals surface area (Å²) in [5.41, 5.74) is 7.04. The van der Waals surface area contributed by atoms with Crippen molar-refractivity contribution in [2.45, 2.75) is 6.54 Å². The number of para-hydroxylation sites is 1. The Kier molecular flexibility index (Phi) is 4.11. The van der Waals surface area contributed by atoms with Crippen LogP contribution in [0.4, 0.5) is 0 Å². The number of aryl methyl sites for hydroxylation is 1. The predicted molar refractivity (Wildman–Crippen MR) is 116 cm³/mol. The summed E-state index contributed by atoms with van der Waals surface area (Å²) in [6, 6.07) is 19.4. The Labute approximate surface area is 175 Å². The van der Waals surface area contributed by atoms with Gasteiger partial charge >= 0.3 is 5.69 Å². The van der Waals surface area contributed by atoms with Crippen molar-refractivity contribution in [1.29, 1.82) is 0 Å². The minimum absolute atomic E-state index is 0.199. The first kappa shape index (κ1) is 18.6. The number of carbonyl (C=O) groups excluding carboxylic acids is 1. The van der Waals surface area contributed by atoms with Crippen LogP contribution in [0.25, 0.3) is 33.9 Å². The van der Waals surface area contributed by atoms with E-state index in [1.165, 1.54) is 11.6 Å². The smallest absolute Gasteiger partial charge is 0.332 e. The first-order valence-electron chi connectivity index (χ1n) is 9.60. The topological polar surface area (TPSA) is 109 Å². The van der Waals surface area contributed by atoms with Gasteiger partial charge in [0.05, 0.1) is 5.69 Å². The van der Waals surface area contributed by atoms with Gasteiger partial charge in [0.15, 0.2) is 11.2 Å². The SMILES string of the molecule is Cn1c(=O)n(CC(N)=O)c(=O)c2c1nc1n(-c3ccccc3)c(-c3ccccc3)cn21. The first-order chi connectivity index (χ1) is 15.0. The number of benzene rings is 2. The van der Waals surface area contributed by atoms with Crippen molar-refractivity contribution in [2.75, 3.05) is 0 Å². The fourth-order valence-corrected chi connectivity index (χ4v) is 3.84. The van der Waals surface area contributed by atoms with Gasteiger partial charge in [0.1, 0.15) is 6.54 Å². The van der Waals surface area contributed by atoms with Crippen LogP contribution in [-0.2, 0) is 18.4 Å².